The number of rotatable bonds is 5. The minimum atomic E-state index is 0.473. The monoisotopic (exact) mass is 395 g/mol. The average molecular weight is 396 g/mol. The summed E-state index contributed by atoms with van der Waals surface area (Å²) in [6.45, 7) is 4.47. The molecule has 0 amide bonds. The Hall–Kier alpha value is -2.76. The number of aromatic nitrogens is 1. The zero-order valence-electron chi connectivity index (χ0n) is 17.0. The molecule has 2 atom stereocenters. The van der Waals surface area contributed by atoms with Crippen LogP contribution in [0.2, 0.25) is 0 Å². The van der Waals surface area contributed by atoms with Gasteiger partial charge in [-0.15, -0.1) is 0 Å². The number of piperidine rings is 1. The van der Waals surface area contributed by atoms with Gasteiger partial charge in [0, 0.05) is 30.9 Å². The fourth-order valence-electron chi connectivity index (χ4n) is 4.59. The van der Waals surface area contributed by atoms with Gasteiger partial charge in [0.25, 0.3) is 0 Å². The van der Waals surface area contributed by atoms with Crippen molar-refractivity contribution in [3.63, 3.8) is 0 Å². The summed E-state index contributed by atoms with van der Waals surface area (Å²) >= 11 is 0. The van der Waals surface area contributed by atoms with Crippen LogP contribution >= 0.6 is 0 Å². The van der Waals surface area contributed by atoms with Crippen molar-refractivity contribution in [1.29, 1.82) is 0 Å². The molecular weight excluding hydrogens is 366 g/mol. The van der Waals surface area contributed by atoms with E-state index in [0.717, 1.165) is 30.3 Å². The van der Waals surface area contributed by atoms with Crippen molar-refractivity contribution in [2.75, 3.05) is 19.7 Å². The Balaban J connectivity index is 1.46. The highest BCUT2D eigenvalue weighted by Gasteiger charge is 2.32. The van der Waals surface area contributed by atoms with Gasteiger partial charge in [-0.3, -0.25) is 0 Å². The number of likely N-dealkylation sites (tertiary alicyclic amines) is 1. The average Bonchev–Trinajstić information content (AvgIpc) is 2.76. The summed E-state index contributed by atoms with van der Waals surface area (Å²) in [5.74, 6) is 4.10. The van der Waals surface area contributed by atoms with Crippen LogP contribution in [0.25, 0.3) is 0 Å². The molecule has 2 heterocycles. The number of amidine groups is 1. The maximum absolute atomic E-state index is 9.76. The highest BCUT2D eigenvalue weighted by molar-refractivity contribution is 5.98. The number of hydrogen-bond donors (Lipinski definition) is 1. The number of nitrogens with zero attached hydrogens (tertiary/aromatic N) is 3. The van der Waals surface area contributed by atoms with Crippen LogP contribution in [0.15, 0.2) is 47.8 Å². The first-order chi connectivity index (χ1) is 14.3. The van der Waals surface area contributed by atoms with Crippen molar-refractivity contribution < 1.29 is 14.7 Å². The minimum absolute atomic E-state index is 0.473. The molecule has 1 aromatic carbocycles. The molecule has 1 aliphatic carbocycles. The van der Waals surface area contributed by atoms with Crippen LogP contribution in [-0.2, 0) is 0 Å². The quantitative estimate of drug-likeness (QED) is 0.337. The first-order valence-corrected chi connectivity index (χ1v) is 10.6. The van der Waals surface area contributed by atoms with E-state index in [-0.39, 0.29) is 0 Å². The van der Waals surface area contributed by atoms with Gasteiger partial charge in [-0.05, 0) is 61.9 Å². The molecule has 1 saturated carbocycles. The third kappa shape index (κ3) is 4.63. The molecule has 2 unspecified atom stereocenters. The lowest BCUT2D eigenvalue weighted by molar-refractivity contribution is 0.127. The molecular formula is C23H29N3O3. The largest absolute Gasteiger partial charge is 0.494 e. The Morgan fingerprint density at radius 1 is 1.10 bits per heavy atom. The predicted octanol–water partition coefficient (Wildman–Crippen LogP) is 4.92. The van der Waals surface area contributed by atoms with E-state index in [4.69, 9.17) is 9.47 Å². The highest BCUT2D eigenvalue weighted by Crippen LogP contribution is 2.36. The number of ether oxygens (including phenoxy) is 2. The molecule has 0 spiro atoms. The molecule has 1 aromatic heterocycles. The number of benzene rings is 1. The van der Waals surface area contributed by atoms with Crippen molar-refractivity contribution in [2.24, 2.45) is 17.0 Å². The summed E-state index contributed by atoms with van der Waals surface area (Å²) in [7, 11) is 0. The maximum Gasteiger partial charge on any atom is 0.219 e. The van der Waals surface area contributed by atoms with Gasteiger partial charge in [-0.2, -0.15) is 0 Å². The standard InChI is InChI=1S/C23H29N3O3/c1-2-28-20-7-9-21(10-8-20)29-22-15-18(11-13-24-22)23(25-27)26-14-12-17-5-3-4-6-19(17)16-26/h7-11,13,15,17,19,27H,2-6,12,14,16H2,1H3/b25-23-. The zero-order chi connectivity index (χ0) is 20.1. The first kappa shape index (κ1) is 19.6. The van der Waals surface area contributed by atoms with Crippen molar-refractivity contribution >= 4 is 5.84 Å². The van der Waals surface area contributed by atoms with Crippen molar-refractivity contribution in [1.82, 2.24) is 9.88 Å². The molecule has 2 aliphatic rings. The number of oxime groups is 1. The molecule has 1 saturated heterocycles. The van der Waals surface area contributed by atoms with E-state index in [1.807, 2.05) is 43.3 Å². The van der Waals surface area contributed by atoms with Gasteiger partial charge in [0.15, 0.2) is 5.84 Å². The molecule has 0 radical (unpaired) electrons. The molecule has 2 fully saturated rings. The second-order valence-electron chi connectivity index (χ2n) is 7.85. The number of pyridine rings is 1. The Morgan fingerprint density at radius 3 is 2.62 bits per heavy atom. The van der Waals surface area contributed by atoms with Crippen molar-refractivity contribution in [2.45, 2.75) is 39.0 Å². The summed E-state index contributed by atoms with van der Waals surface area (Å²) in [4.78, 5) is 6.52. The Bertz CT molecular complexity index is 838. The fourth-order valence-corrected chi connectivity index (χ4v) is 4.59. The fraction of sp³-hybridized carbons (Fsp3) is 0.478. The number of fused-ring (bicyclic) bond motifs is 1. The highest BCUT2D eigenvalue weighted by atomic mass is 16.5. The van der Waals surface area contributed by atoms with Gasteiger partial charge >= 0.3 is 0 Å². The maximum atomic E-state index is 9.76. The molecule has 29 heavy (non-hydrogen) atoms. The van der Waals surface area contributed by atoms with Crippen LogP contribution in [0, 0.1) is 11.8 Å². The lowest BCUT2D eigenvalue weighted by Gasteiger charge is -2.42. The molecule has 1 N–H and O–H groups in total. The molecule has 1 aliphatic heterocycles. The molecule has 154 valence electrons. The van der Waals surface area contributed by atoms with Gasteiger partial charge in [-0.1, -0.05) is 24.4 Å². The normalized spacial score (nSPS) is 22.1. The van der Waals surface area contributed by atoms with E-state index in [1.165, 1.54) is 32.1 Å². The smallest absolute Gasteiger partial charge is 0.219 e. The molecule has 4 rings (SSSR count). The van der Waals surface area contributed by atoms with Gasteiger partial charge in [-0.25, -0.2) is 4.98 Å². The summed E-state index contributed by atoms with van der Waals surface area (Å²) in [5, 5.41) is 13.4. The van der Waals surface area contributed by atoms with Crippen LogP contribution in [0.3, 0.4) is 0 Å². The Morgan fingerprint density at radius 2 is 1.86 bits per heavy atom. The van der Waals surface area contributed by atoms with Crippen LogP contribution < -0.4 is 9.47 Å². The van der Waals surface area contributed by atoms with Gasteiger partial charge in [0.2, 0.25) is 5.88 Å². The van der Waals surface area contributed by atoms with Crippen molar-refractivity contribution in [3.05, 3.63) is 48.2 Å². The summed E-state index contributed by atoms with van der Waals surface area (Å²) in [5.41, 5.74) is 0.817. The summed E-state index contributed by atoms with van der Waals surface area (Å²) < 4.78 is 11.4. The predicted molar refractivity (Wildman–Crippen MR) is 112 cm³/mol. The van der Waals surface area contributed by atoms with E-state index in [1.54, 1.807) is 6.20 Å². The second kappa shape index (κ2) is 9.16. The van der Waals surface area contributed by atoms with Crippen LogP contribution in [0.1, 0.15) is 44.6 Å². The lowest BCUT2D eigenvalue weighted by atomic mass is 9.75. The summed E-state index contributed by atoms with van der Waals surface area (Å²) in [6, 6.07) is 11.2. The van der Waals surface area contributed by atoms with Crippen LogP contribution in [0.4, 0.5) is 0 Å². The van der Waals surface area contributed by atoms with E-state index >= 15 is 0 Å². The molecule has 0 bridgehead atoms. The number of hydrogen-bond acceptors (Lipinski definition) is 5. The SMILES string of the molecule is CCOc1ccc(Oc2cc(/C(=N/O)N3CCC4CCCCC4C3)ccn2)cc1. The van der Waals surface area contributed by atoms with E-state index in [0.29, 0.717) is 30.0 Å². The van der Waals surface area contributed by atoms with E-state index < -0.39 is 0 Å². The van der Waals surface area contributed by atoms with E-state index in [9.17, 15) is 5.21 Å². The molecule has 2 aromatic rings. The van der Waals surface area contributed by atoms with Crippen molar-refractivity contribution in [3.8, 4) is 17.4 Å². The Kier molecular flexibility index (Phi) is 6.17. The van der Waals surface area contributed by atoms with Gasteiger partial charge in [0.05, 0.1) is 6.61 Å². The Labute approximate surface area is 172 Å². The van der Waals surface area contributed by atoms with Crippen LogP contribution in [-0.4, -0.2) is 40.6 Å². The molecule has 6 heteroatoms. The lowest BCUT2D eigenvalue weighted by Crippen LogP contribution is -2.45. The molecule has 6 nitrogen and oxygen atoms in total. The first-order valence-electron chi connectivity index (χ1n) is 10.6. The topological polar surface area (TPSA) is 67.2 Å². The van der Waals surface area contributed by atoms with E-state index in [2.05, 4.69) is 15.0 Å². The van der Waals surface area contributed by atoms with Gasteiger partial charge in [0.1, 0.15) is 11.5 Å². The van der Waals surface area contributed by atoms with Gasteiger partial charge < -0.3 is 19.6 Å². The van der Waals surface area contributed by atoms with Crippen LogP contribution in [0.5, 0.6) is 17.4 Å². The third-order valence-corrected chi connectivity index (χ3v) is 6.04. The zero-order valence-corrected chi connectivity index (χ0v) is 17.0. The second-order valence-corrected chi connectivity index (χ2v) is 7.85. The third-order valence-electron chi connectivity index (χ3n) is 6.04. The minimum Gasteiger partial charge on any atom is -0.494 e. The summed E-state index contributed by atoms with van der Waals surface area (Å²) in [6.07, 6.45) is 8.17.